The molecule has 0 atom stereocenters. The molecule has 0 saturated heterocycles. The van der Waals surface area contributed by atoms with Crippen molar-refractivity contribution in [1.29, 1.82) is 0 Å². The van der Waals surface area contributed by atoms with Crippen LogP contribution in [0.4, 0.5) is 5.69 Å². The number of anilines is 1. The molecule has 0 aliphatic carbocycles. The summed E-state index contributed by atoms with van der Waals surface area (Å²) >= 11 is 2.71. The first kappa shape index (κ1) is 15.6. The lowest BCUT2D eigenvalue weighted by molar-refractivity contribution is -0.115. The van der Waals surface area contributed by atoms with Gasteiger partial charge in [0.15, 0.2) is 0 Å². The molecule has 1 amide bonds. The SMILES string of the molecule is Cc1ccc(SCCC(=O)Nc2ccsc2C(=O)O)cc1. The van der Waals surface area contributed by atoms with E-state index in [1.807, 2.05) is 31.2 Å². The first-order valence-corrected chi connectivity index (χ1v) is 8.23. The summed E-state index contributed by atoms with van der Waals surface area (Å²) in [5.41, 5.74) is 1.58. The smallest absolute Gasteiger partial charge is 0.348 e. The van der Waals surface area contributed by atoms with Crippen LogP contribution in [0.3, 0.4) is 0 Å². The van der Waals surface area contributed by atoms with Crippen molar-refractivity contribution < 1.29 is 14.7 Å². The van der Waals surface area contributed by atoms with E-state index in [-0.39, 0.29) is 10.8 Å². The number of hydrogen-bond donors (Lipinski definition) is 2. The molecule has 110 valence electrons. The van der Waals surface area contributed by atoms with Crippen LogP contribution in [0, 0.1) is 6.92 Å². The second-order valence-corrected chi connectivity index (χ2v) is 6.51. The number of aryl methyl sites for hydroxylation is 1. The summed E-state index contributed by atoms with van der Waals surface area (Å²) in [7, 11) is 0. The van der Waals surface area contributed by atoms with Crippen LogP contribution in [0.15, 0.2) is 40.6 Å². The van der Waals surface area contributed by atoms with Crippen molar-refractivity contribution in [3.05, 3.63) is 46.2 Å². The molecule has 4 nitrogen and oxygen atoms in total. The number of benzene rings is 1. The van der Waals surface area contributed by atoms with E-state index in [9.17, 15) is 9.59 Å². The second-order valence-electron chi connectivity index (χ2n) is 4.43. The Morgan fingerprint density at radius 1 is 1.24 bits per heavy atom. The van der Waals surface area contributed by atoms with Gasteiger partial charge in [0, 0.05) is 17.1 Å². The Balaban J connectivity index is 1.81. The van der Waals surface area contributed by atoms with Crippen molar-refractivity contribution in [1.82, 2.24) is 0 Å². The Kier molecular flexibility index (Phi) is 5.41. The van der Waals surface area contributed by atoms with Gasteiger partial charge in [-0.3, -0.25) is 4.79 Å². The summed E-state index contributed by atoms with van der Waals surface area (Å²) < 4.78 is 0. The standard InChI is InChI=1S/C15H15NO3S2/c1-10-2-4-11(5-3-10)20-9-7-13(17)16-12-6-8-21-14(12)15(18)19/h2-6,8H,7,9H2,1H3,(H,16,17)(H,18,19). The average Bonchev–Trinajstić information content (AvgIpc) is 2.89. The van der Waals surface area contributed by atoms with E-state index in [2.05, 4.69) is 5.32 Å². The zero-order valence-corrected chi connectivity index (χ0v) is 13.1. The number of nitrogens with one attached hydrogen (secondary N) is 1. The highest BCUT2D eigenvalue weighted by atomic mass is 32.2. The van der Waals surface area contributed by atoms with Crippen molar-refractivity contribution in [2.75, 3.05) is 11.1 Å². The van der Waals surface area contributed by atoms with Gasteiger partial charge in [-0.1, -0.05) is 17.7 Å². The van der Waals surface area contributed by atoms with Crippen molar-refractivity contribution in [3.8, 4) is 0 Å². The van der Waals surface area contributed by atoms with Crippen LogP contribution in [0.2, 0.25) is 0 Å². The summed E-state index contributed by atoms with van der Waals surface area (Å²) in [5.74, 6) is -0.536. The third-order valence-electron chi connectivity index (χ3n) is 2.75. The molecule has 1 aromatic carbocycles. The Hall–Kier alpha value is -1.79. The van der Waals surface area contributed by atoms with Crippen molar-refractivity contribution in [2.45, 2.75) is 18.2 Å². The van der Waals surface area contributed by atoms with Gasteiger partial charge in [-0.2, -0.15) is 0 Å². The fraction of sp³-hybridized carbons (Fsp3) is 0.200. The van der Waals surface area contributed by atoms with E-state index in [0.29, 0.717) is 17.9 Å². The summed E-state index contributed by atoms with van der Waals surface area (Å²) in [6.07, 6.45) is 0.341. The van der Waals surface area contributed by atoms with Gasteiger partial charge in [0.1, 0.15) is 4.88 Å². The van der Waals surface area contributed by atoms with E-state index in [0.717, 1.165) is 16.2 Å². The van der Waals surface area contributed by atoms with Gasteiger partial charge in [-0.25, -0.2) is 4.79 Å². The van der Waals surface area contributed by atoms with Crippen LogP contribution in [0.1, 0.15) is 21.7 Å². The lowest BCUT2D eigenvalue weighted by atomic mass is 10.2. The first-order valence-electron chi connectivity index (χ1n) is 6.36. The maximum absolute atomic E-state index is 11.8. The zero-order valence-electron chi connectivity index (χ0n) is 11.5. The molecular formula is C15H15NO3S2. The minimum Gasteiger partial charge on any atom is -0.477 e. The van der Waals surface area contributed by atoms with Crippen molar-refractivity contribution in [3.63, 3.8) is 0 Å². The molecule has 0 aliphatic heterocycles. The quantitative estimate of drug-likeness (QED) is 0.793. The second kappa shape index (κ2) is 7.28. The molecule has 1 aromatic heterocycles. The maximum atomic E-state index is 11.8. The molecule has 0 fully saturated rings. The van der Waals surface area contributed by atoms with E-state index in [4.69, 9.17) is 5.11 Å². The van der Waals surface area contributed by atoms with Crippen LogP contribution in [-0.4, -0.2) is 22.7 Å². The van der Waals surface area contributed by atoms with E-state index >= 15 is 0 Å². The summed E-state index contributed by atoms with van der Waals surface area (Å²) in [6, 6.07) is 9.73. The number of rotatable bonds is 6. The topological polar surface area (TPSA) is 66.4 Å². The predicted octanol–water partition coefficient (Wildman–Crippen LogP) is 3.88. The van der Waals surface area contributed by atoms with Crippen LogP contribution in [0.5, 0.6) is 0 Å². The molecular weight excluding hydrogens is 306 g/mol. The van der Waals surface area contributed by atoms with Crippen molar-refractivity contribution in [2.24, 2.45) is 0 Å². The number of carbonyl (C=O) groups is 2. The van der Waals surface area contributed by atoms with Gasteiger partial charge < -0.3 is 10.4 Å². The number of aromatic carboxylic acids is 1. The van der Waals surface area contributed by atoms with Crippen LogP contribution in [-0.2, 0) is 4.79 Å². The Morgan fingerprint density at radius 3 is 2.62 bits per heavy atom. The van der Waals surface area contributed by atoms with Crippen LogP contribution in [0.25, 0.3) is 0 Å². The molecule has 0 unspecified atom stereocenters. The number of hydrogen-bond acceptors (Lipinski definition) is 4. The lowest BCUT2D eigenvalue weighted by Gasteiger charge is -2.05. The van der Waals surface area contributed by atoms with E-state index in [1.54, 1.807) is 23.2 Å². The largest absolute Gasteiger partial charge is 0.477 e. The summed E-state index contributed by atoms with van der Waals surface area (Å²) in [6.45, 7) is 2.03. The number of carboxylic acid groups (broad SMARTS) is 1. The number of amides is 1. The zero-order chi connectivity index (χ0) is 15.2. The van der Waals surface area contributed by atoms with E-state index in [1.165, 1.54) is 5.56 Å². The highest BCUT2D eigenvalue weighted by Gasteiger charge is 2.13. The van der Waals surface area contributed by atoms with E-state index < -0.39 is 5.97 Å². The molecule has 1 heterocycles. The fourth-order valence-corrected chi connectivity index (χ4v) is 3.22. The maximum Gasteiger partial charge on any atom is 0.348 e. The average molecular weight is 321 g/mol. The molecule has 0 spiro atoms. The Bertz CT molecular complexity index is 635. The Labute approximate surface area is 131 Å². The van der Waals surface area contributed by atoms with Crippen LogP contribution < -0.4 is 5.32 Å². The van der Waals surface area contributed by atoms with Crippen LogP contribution >= 0.6 is 23.1 Å². The van der Waals surface area contributed by atoms with Gasteiger partial charge in [0.25, 0.3) is 0 Å². The van der Waals surface area contributed by atoms with Gasteiger partial charge in [-0.15, -0.1) is 23.1 Å². The third-order valence-corrected chi connectivity index (χ3v) is 4.67. The molecule has 0 saturated carbocycles. The van der Waals surface area contributed by atoms with Gasteiger partial charge in [-0.05, 0) is 30.5 Å². The summed E-state index contributed by atoms with van der Waals surface area (Å²) in [4.78, 5) is 24.0. The predicted molar refractivity (Wildman–Crippen MR) is 86.4 cm³/mol. The molecule has 0 aliphatic rings. The van der Waals surface area contributed by atoms with Gasteiger partial charge in [0.05, 0.1) is 5.69 Å². The molecule has 0 radical (unpaired) electrons. The molecule has 6 heteroatoms. The number of thiophene rings is 1. The molecule has 2 N–H and O–H groups in total. The molecule has 2 rings (SSSR count). The van der Waals surface area contributed by atoms with Crippen molar-refractivity contribution >= 4 is 40.7 Å². The number of carboxylic acids is 1. The minimum atomic E-state index is -1.02. The third kappa shape index (κ3) is 4.61. The molecule has 2 aromatic rings. The monoisotopic (exact) mass is 321 g/mol. The summed E-state index contributed by atoms with van der Waals surface area (Å²) in [5, 5.41) is 13.3. The first-order chi connectivity index (χ1) is 10.1. The molecule has 0 bridgehead atoms. The van der Waals surface area contributed by atoms with Gasteiger partial charge >= 0.3 is 5.97 Å². The highest BCUT2D eigenvalue weighted by molar-refractivity contribution is 7.99. The normalized spacial score (nSPS) is 10.3. The lowest BCUT2D eigenvalue weighted by Crippen LogP contribution is -2.13. The Morgan fingerprint density at radius 2 is 1.95 bits per heavy atom. The molecule has 21 heavy (non-hydrogen) atoms. The number of carbonyl (C=O) groups excluding carboxylic acids is 1. The van der Waals surface area contributed by atoms with Gasteiger partial charge in [0.2, 0.25) is 5.91 Å². The highest BCUT2D eigenvalue weighted by Crippen LogP contribution is 2.23. The minimum absolute atomic E-state index is 0.162. The fourth-order valence-electron chi connectivity index (χ4n) is 1.68. The number of thioether (sulfide) groups is 1.